The molecule has 0 saturated heterocycles. The summed E-state index contributed by atoms with van der Waals surface area (Å²) < 4.78 is 0. The monoisotopic (exact) mass is 273 g/mol. The van der Waals surface area contributed by atoms with Gasteiger partial charge in [-0.25, -0.2) is 0 Å². The van der Waals surface area contributed by atoms with E-state index in [2.05, 4.69) is 0 Å². The largest absolute Gasteiger partial charge is 0.298 e. The van der Waals surface area contributed by atoms with Gasteiger partial charge in [0, 0.05) is 28.3 Å². The number of thioether (sulfide) groups is 1. The van der Waals surface area contributed by atoms with Crippen LogP contribution in [0.15, 0.2) is 53.4 Å². The fourth-order valence-corrected chi connectivity index (χ4v) is 2.48. The molecule has 2 aromatic rings. The second-order valence-electron chi connectivity index (χ2n) is 3.90. The Labute approximate surface area is 114 Å². The second kappa shape index (κ2) is 6.15. The lowest BCUT2D eigenvalue weighted by Crippen LogP contribution is -1.88. The molecule has 0 aliphatic carbocycles. The van der Waals surface area contributed by atoms with Crippen LogP contribution in [-0.4, -0.2) is 11.2 Å². The average Bonchev–Trinajstić information content (AvgIpc) is 2.46. The first kappa shape index (κ1) is 13.3. The van der Waals surface area contributed by atoms with Gasteiger partial charge >= 0.3 is 0 Å². The summed E-state index contributed by atoms with van der Waals surface area (Å²) in [6.07, 6.45) is 0.815. The van der Waals surface area contributed by atoms with E-state index in [1.165, 1.54) is 12.1 Å². The number of carbonyl (C=O) groups excluding carboxylic acids is 1. The molecule has 2 rings (SSSR count). The van der Waals surface area contributed by atoms with E-state index in [0.29, 0.717) is 11.3 Å². The quantitative estimate of drug-likeness (QED) is 0.361. The molecule has 96 valence electrons. The van der Waals surface area contributed by atoms with Crippen LogP contribution in [0.1, 0.15) is 15.9 Å². The molecule has 0 unspecified atom stereocenters. The molecule has 0 fully saturated rings. The number of benzene rings is 2. The highest BCUT2D eigenvalue weighted by atomic mass is 32.2. The van der Waals surface area contributed by atoms with E-state index >= 15 is 0 Å². The Bertz CT molecular complexity index is 596. The number of nitro groups is 1. The number of hydrogen-bond donors (Lipinski definition) is 0. The Hall–Kier alpha value is -2.14. The molecule has 19 heavy (non-hydrogen) atoms. The molecule has 0 aromatic heterocycles. The molecule has 0 N–H and O–H groups in total. The number of non-ortho nitro benzene ring substituents is 1. The van der Waals surface area contributed by atoms with Crippen LogP contribution in [0.5, 0.6) is 0 Å². The van der Waals surface area contributed by atoms with Crippen LogP contribution in [-0.2, 0) is 5.75 Å². The van der Waals surface area contributed by atoms with E-state index in [0.717, 1.165) is 16.7 Å². The summed E-state index contributed by atoms with van der Waals surface area (Å²) in [6.45, 7) is 0. The maximum atomic E-state index is 10.7. The second-order valence-corrected chi connectivity index (χ2v) is 4.95. The summed E-state index contributed by atoms with van der Waals surface area (Å²) in [6, 6.07) is 13.8. The Balaban J connectivity index is 2.01. The molecule has 0 aliphatic heterocycles. The number of hydrogen-bond acceptors (Lipinski definition) is 4. The van der Waals surface area contributed by atoms with E-state index in [4.69, 9.17) is 0 Å². The lowest BCUT2D eigenvalue weighted by atomic mass is 10.2. The van der Waals surface area contributed by atoms with Crippen molar-refractivity contribution in [2.45, 2.75) is 10.6 Å². The number of aldehydes is 1. The van der Waals surface area contributed by atoms with E-state index in [9.17, 15) is 14.9 Å². The van der Waals surface area contributed by atoms with Crippen LogP contribution < -0.4 is 0 Å². The van der Waals surface area contributed by atoms with Gasteiger partial charge in [-0.2, -0.15) is 0 Å². The van der Waals surface area contributed by atoms with Crippen LogP contribution in [0.25, 0.3) is 0 Å². The minimum Gasteiger partial charge on any atom is -0.298 e. The van der Waals surface area contributed by atoms with Crippen LogP contribution in [0.2, 0.25) is 0 Å². The maximum Gasteiger partial charge on any atom is 0.269 e. The van der Waals surface area contributed by atoms with Crippen molar-refractivity contribution in [3.8, 4) is 0 Å². The lowest BCUT2D eigenvalue weighted by Gasteiger charge is -2.02. The van der Waals surface area contributed by atoms with Gasteiger partial charge in [0.15, 0.2) is 0 Å². The Morgan fingerprint density at radius 3 is 2.53 bits per heavy atom. The van der Waals surface area contributed by atoms with Crippen molar-refractivity contribution in [3.63, 3.8) is 0 Å². The van der Waals surface area contributed by atoms with Crippen molar-refractivity contribution < 1.29 is 9.72 Å². The molecule has 0 amide bonds. The van der Waals surface area contributed by atoms with Crippen LogP contribution in [0.4, 0.5) is 5.69 Å². The summed E-state index contributed by atoms with van der Waals surface area (Å²) in [7, 11) is 0. The summed E-state index contributed by atoms with van der Waals surface area (Å²) in [4.78, 5) is 21.8. The zero-order valence-corrected chi connectivity index (χ0v) is 10.8. The molecule has 0 spiro atoms. The molecular weight excluding hydrogens is 262 g/mol. The third-order valence-electron chi connectivity index (χ3n) is 2.55. The van der Waals surface area contributed by atoms with Crippen molar-refractivity contribution in [2.24, 2.45) is 0 Å². The summed E-state index contributed by atoms with van der Waals surface area (Å²) in [5.74, 6) is 0.709. The first-order valence-corrected chi connectivity index (χ1v) is 6.59. The van der Waals surface area contributed by atoms with Crippen molar-refractivity contribution in [3.05, 3.63) is 69.8 Å². The number of carbonyl (C=O) groups is 1. The highest BCUT2D eigenvalue weighted by molar-refractivity contribution is 7.98. The zero-order chi connectivity index (χ0) is 13.7. The smallest absolute Gasteiger partial charge is 0.269 e. The Morgan fingerprint density at radius 1 is 1.16 bits per heavy atom. The van der Waals surface area contributed by atoms with Gasteiger partial charge < -0.3 is 0 Å². The summed E-state index contributed by atoms with van der Waals surface area (Å²) >= 11 is 1.59. The highest BCUT2D eigenvalue weighted by Gasteiger charge is 2.04. The molecule has 0 aliphatic rings. The van der Waals surface area contributed by atoms with E-state index in [1.807, 2.05) is 18.2 Å². The van der Waals surface area contributed by atoms with Crippen LogP contribution in [0.3, 0.4) is 0 Å². The number of nitro benzene ring substituents is 1. The zero-order valence-electron chi connectivity index (χ0n) is 9.98. The van der Waals surface area contributed by atoms with Gasteiger partial charge in [0.25, 0.3) is 5.69 Å². The predicted octanol–water partition coefficient (Wildman–Crippen LogP) is 3.70. The third-order valence-corrected chi connectivity index (χ3v) is 3.61. The average molecular weight is 273 g/mol. The van der Waals surface area contributed by atoms with Crippen molar-refractivity contribution in [1.82, 2.24) is 0 Å². The maximum absolute atomic E-state index is 10.7. The van der Waals surface area contributed by atoms with Crippen LogP contribution in [0, 0.1) is 10.1 Å². The standard InChI is InChI=1S/C14H11NO3S/c16-9-12-2-1-3-14(8-12)19-10-11-4-6-13(7-5-11)15(17)18/h1-9H,10H2. The van der Waals surface area contributed by atoms with Crippen LogP contribution >= 0.6 is 11.8 Å². The topological polar surface area (TPSA) is 60.2 Å². The van der Waals surface area contributed by atoms with E-state index < -0.39 is 4.92 Å². The molecule has 4 nitrogen and oxygen atoms in total. The first-order chi connectivity index (χ1) is 9.19. The SMILES string of the molecule is O=Cc1cccc(SCc2ccc([N+](=O)[O-])cc2)c1. The van der Waals surface area contributed by atoms with Gasteiger partial charge in [-0.15, -0.1) is 11.8 Å². The minimum atomic E-state index is -0.412. The van der Waals surface area contributed by atoms with Gasteiger partial charge in [-0.3, -0.25) is 14.9 Å². The van der Waals surface area contributed by atoms with Gasteiger partial charge in [-0.05, 0) is 17.7 Å². The normalized spacial score (nSPS) is 10.1. The lowest BCUT2D eigenvalue weighted by molar-refractivity contribution is -0.384. The fourth-order valence-electron chi connectivity index (χ4n) is 1.56. The minimum absolute atomic E-state index is 0.0942. The third kappa shape index (κ3) is 3.66. The molecule has 0 heterocycles. The molecule has 0 bridgehead atoms. The Kier molecular flexibility index (Phi) is 4.30. The van der Waals surface area contributed by atoms with Gasteiger partial charge in [0.2, 0.25) is 0 Å². The molecule has 0 saturated carbocycles. The van der Waals surface area contributed by atoms with Gasteiger partial charge in [-0.1, -0.05) is 24.3 Å². The number of rotatable bonds is 5. The van der Waals surface area contributed by atoms with Gasteiger partial charge in [0.05, 0.1) is 4.92 Å². The molecule has 5 heteroatoms. The van der Waals surface area contributed by atoms with E-state index in [1.54, 1.807) is 30.0 Å². The molecule has 2 aromatic carbocycles. The summed E-state index contributed by atoms with van der Waals surface area (Å²) in [5, 5.41) is 10.5. The fraction of sp³-hybridized carbons (Fsp3) is 0.0714. The summed E-state index contributed by atoms with van der Waals surface area (Å²) in [5.41, 5.74) is 1.75. The van der Waals surface area contributed by atoms with Crippen molar-refractivity contribution in [2.75, 3.05) is 0 Å². The predicted molar refractivity (Wildman–Crippen MR) is 74.5 cm³/mol. The van der Waals surface area contributed by atoms with Crippen molar-refractivity contribution >= 4 is 23.7 Å². The van der Waals surface area contributed by atoms with Crippen molar-refractivity contribution in [1.29, 1.82) is 0 Å². The molecule has 0 atom stereocenters. The number of nitrogens with zero attached hydrogens (tertiary/aromatic N) is 1. The highest BCUT2D eigenvalue weighted by Crippen LogP contribution is 2.24. The van der Waals surface area contributed by atoms with Gasteiger partial charge in [0.1, 0.15) is 6.29 Å². The first-order valence-electron chi connectivity index (χ1n) is 5.60. The molecular formula is C14H11NO3S. The molecule has 0 radical (unpaired) electrons. The van der Waals surface area contributed by atoms with E-state index in [-0.39, 0.29) is 5.69 Å². The Morgan fingerprint density at radius 2 is 1.89 bits per heavy atom.